The highest BCUT2D eigenvalue weighted by molar-refractivity contribution is 5.81. The van der Waals surface area contributed by atoms with Crippen LogP contribution in [0.25, 0.3) is 0 Å². The number of anilines is 1. The van der Waals surface area contributed by atoms with Crippen molar-refractivity contribution in [3.05, 3.63) is 18.5 Å². The van der Waals surface area contributed by atoms with E-state index in [2.05, 4.69) is 44.3 Å². The van der Waals surface area contributed by atoms with E-state index in [4.69, 9.17) is 0 Å². The first-order valence-electron chi connectivity index (χ1n) is 10.9. The van der Waals surface area contributed by atoms with Gasteiger partial charge in [-0.05, 0) is 19.4 Å². The number of hydrogen-bond acceptors (Lipinski definition) is 5. The fourth-order valence-electron chi connectivity index (χ4n) is 3.43. The van der Waals surface area contributed by atoms with Crippen LogP contribution in [0.5, 0.6) is 0 Å². The first-order chi connectivity index (χ1) is 14.1. The molecule has 2 N–H and O–H groups in total. The Morgan fingerprint density at radius 2 is 1.90 bits per heavy atom. The van der Waals surface area contributed by atoms with E-state index in [0.717, 1.165) is 31.4 Å². The zero-order chi connectivity index (χ0) is 20.9. The lowest BCUT2D eigenvalue weighted by Gasteiger charge is -2.34. The Kier molecular flexibility index (Phi) is 10.2. The number of aromatic nitrogens is 2. The average Bonchev–Trinajstić information content (AvgIpc) is 2.76. The number of piperazine rings is 1. The summed E-state index contributed by atoms with van der Waals surface area (Å²) in [5, 5.41) is 6.68. The Labute approximate surface area is 175 Å². The number of aliphatic imine (C=N–C) groups is 1. The molecule has 0 bridgehead atoms. The van der Waals surface area contributed by atoms with Crippen molar-refractivity contribution in [3.63, 3.8) is 0 Å². The summed E-state index contributed by atoms with van der Waals surface area (Å²) < 4.78 is 0. The summed E-state index contributed by atoms with van der Waals surface area (Å²) in [6.07, 6.45) is 10.2. The number of carbonyl (C=O) groups excluding carboxylic acids is 1. The van der Waals surface area contributed by atoms with Gasteiger partial charge in [-0.1, -0.05) is 32.6 Å². The second kappa shape index (κ2) is 13.0. The quantitative estimate of drug-likeness (QED) is 0.353. The number of amides is 1. The van der Waals surface area contributed by atoms with Crippen molar-refractivity contribution in [2.75, 3.05) is 44.7 Å². The molecule has 1 fully saturated rings. The molecule has 0 aliphatic carbocycles. The molecule has 0 spiro atoms. The van der Waals surface area contributed by atoms with Crippen molar-refractivity contribution in [2.24, 2.45) is 4.99 Å². The molecule has 1 aliphatic heterocycles. The Hall–Kier alpha value is -2.38. The molecule has 0 saturated carbocycles. The summed E-state index contributed by atoms with van der Waals surface area (Å²) in [7, 11) is 1.77. The van der Waals surface area contributed by atoms with Crippen LogP contribution >= 0.6 is 0 Å². The van der Waals surface area contributed by atoms with Gasteiger partial charge in [0.05, 0.1) is 0 Å². The Bertz CT molecular complexity index is 615. The lowest BCUT2D eigenvalue weighted by atomic mass is 10.1. The van der Waals surface area contributed by atoms with Gasteiger partial charge in [0.1, 0.15) is 0 Å². The number of hydrogen-bond donors (Lipinski definition) is 2. The second-order valence-electron chi connectivity index (χ2n) is 7.56. The van der Waals surface area contributed by atoms with E-state index < -0.39 is 0 Å². The third-order valence-corrected chi connectivity index (χ3v) is 5.20. The number of unbranched alkanes of at least 4 members (excludes halogenated alkanes) is 3. The Balaban J connectivity index is 1.63. The summed E-state index contributed by atoms with van der Waals surface area (Å²) in [5.74, 6) is 1.68. The molecule has 2 heterocycles. The molecule has 1 unspecified atom stereocenters. The molecule has 1 saturated heterocycles. The molecule has 1 aromatic heterocycles. The molecule has 1 aromatic rings. The van der Waals surface area contributed by atoms with E-state index in [1.165, 1.54) is 25.7 Å². The largest absolute Gasteiger partial charge is 0.356 e. The number of nitrogens with one attached hydrogen (secondary N) is 2. The molecule has 162 valence electrons. The maximum Gasteiger partial charge on any atom is 0.225 e. The van der Waals surface area contributed by atoms with Gasteiger partial charge in [-0.25, -0.2) is 9.97 Å². The molecular weight excluding hydrogens is 366 g/mol. The molecule has 1 aliphatic rings. The molecule has 0 radical (unpaired) electrons. The molecule has 1 amide bonds. The van der Waals surface area contributed by atoms with Crippen molar-refractivity contribution < 1.29 is 4.79 Å². The van der Waals surface area contributed by atoms with E-state index in [-0.39, 0.29) is 5.91 Å². The molecule has 8 heteroatoms. The molecule has 0 aromatic carbocycles. The molecule has 29 heavy (non-hydrogen) atoms. The minimum Gasteiger partial charge on any atom is -0.356 e. The van der Waals surface area contributed by atoms with Crippen LogP contribution in [-0.4, -0.2) is 72.5 Å². The first-order valence-corrected chi connectivity index (χ1v) is 10.9. The predicted molar refractivity (Wildman–Crippen MR) is 118 cm³/mol. The van der Waals surface area contributed by atoms with Crippen LogP contribution in [0.1, 0.15) is 52.4 Å². The number of nitrogens with zero attached hydrogens (tertiary/aromatic N) is 5. The summed E-state index contributed by atoms with van der Waals surface area (Å²) in [5.41, 5.74) is 0. The molecular formula is C21H37N7O. The summed E-state index contributed by atoms with van der Waals surface area (Å²) >= 11 is 0. The average molecular weight is 404 g/mol. The first kappa shape index (κ1) is 22.9. The van der Waals surface area contributed by atoms with Gasteiger partial charge in [-0.3, -0.25) is 9.79 Å². The van der Waals surface area contributed by atoms with Gasteiger partial charge in [-0.15, -0.1) is 0 Å². The zero-order valence-electron chi connectivity index (χ0n) is 18.2. The highest BCUT2D eigenvalue weighted by atomic mass is 16.2. The second-order valence-corrected chi connectivity index (χ2v) is 7.56. The van der Waals surface area contributed by atoms with Crippen molar-refractivity contribution in [3.8, 4) is 0 Å². The topological polar surface area (TPSA) is 85.8 Å². The van der Waals surface area contributed by atoms with Crippen molar-refractivity contribution in [1.29, 1.82) is 0 Å². The third-order valence-electron chi connectivity index (χ3n) is 5.20. The van der Waals surface area contributed by atoms with Crippen LogP contribution in [-0.2, 0) is 4.79 Å². The monoisotopic (exact) mass is 403 g/mol. The predicted octanol–water partition coefficient (Wildman–Crippen LogP) is 2.04. The van der Waals surface area contributed by atoms with Gasteiger partial charge >= 0.3 is 0 Å². The maximum atomic E-state index is 12.5. The van der Waals surface area contributed by atoms with Gasteiger partial charge in [0, 0.05) is 64.6 Å². The van der Waals surface area contributed by atoms with Crippen LogP contribution in [0.4, 0.5) is 5.95 Å². The third kappa shape index (κ3) is 8.25. The highest BCUT2D eigenvalue weighted by Gasteiger charge is 2.22. The van der Waals surface area contributed by atoms with Crippen molar-refractivity contribution >= 4 is 17.8 Å². The van der Waals surface area contributed by atoms with Gasteiger partial charge in [0.2, 0.25) is 11.9 Å². The van der Waals surface area contributed by atoms with Crippen LogP contribution in [0.15, 0.2) is 23.5 Å². The van der Waals surface area contributed by atoms with E-state index in [1.54, 1.807) is 19.4 Å². The Morgan fingerprint density at radius 1 is 1.17 bits per heavy atom. The van der Waals surface area contributed by atoms with Crippen LogP contribution in [0.2, 0.25) is 0 Å². The summed E-state index contributed by atoms with van der Waals surface area (Å²) in [6, 6.07) is 2.19. The van der Waals surface area contributed by atoms with E-state index >= 15 is 0 Å². The van der Waals surface area contributed by atoms with E-state index in [1.807, 2.05) is 11.0 Å². The van der Waals surface area contributed by atoms with Crippen LogP contribution in [0, 0.1) is 0 Å². The molecule has 2 rings (SSSR count). The van der Waals surface area contributed by atoms with E-state index in [0.29, 0.717) is 32.1 Å². The number of rotatable bonds is 10. The fourth-order valence-corrected chi connectivity index (χ4v) is 3.43. The smallest absolute Gasteiger partial charge is 0.225 e. The van der Waals surface area contributed by atoms with Crippen molar-refractivity contribution in [1.82, 2.24) is 25.5 Å². The summed E-state index contributed by atoms with van der Waals surface area (Å²) in [6.45, 7) is 7.94. The molecule has 1 atom stereocenters. The van der Waals surface area contributed by atoms with Crippen molar-refractivity contribution in [2.45, 2.75) is 58.4 Å². The molecule has 8 nitrogen and oxygen atoms in total. The maximum absolute atomic E-state index is 12.5. The Morgan fingerprint density at radius 3 is 2.55 bits per heavy atom. The SMILES string of the molecule is CCCCCCC(C)NC(=NC)NCCC(=O)N1CCN(c2ncccn2)CC1. The standard InChI is InChI=1S/C21H37N7O/c1-4-5-6-7-9-18(2)26-20(22-3)23-13-10-19(29)27-14-16-28(17-15-27)21-24-11-8-12-25-21/h8,11-12,18H,4-7,9-10,13-17H2,1-3H3,(H2,22,23,26). The lowest BCUT2D eigenvalue weighted by molar-refractivity contribution is -0.131. The van der Waals surface area contributed by atoms with E-state index in [9.17, 15) is 4.79 Å². The lowest BCUT2D eigenvalue weighted by Crippen LogP contribution is -2.50. The summed E-state index contributed by atoms with van der Waals surface area (Å²) in [4.78, 5) is 29.4. The van der Waals surface area contributed by atoms with Gasteiger partial charge in [0.25, 0.3) is 0 Å². The fraction of sp³-hybridized carbons (Fsp3) is 0.714. The highest BCUT2D eigenvalue weighted by Crippen LogP contribution is 2.10. The number of guanidine groups is 1. The van der Waals surface area contributed by atoms with Crippen LogP contribution < -0.4 is 15.5 Å². The van der Waals surface area contributed by atoms with Gasteiger partial charge in [0.15, 0.2) is 5.96 Å². The minimum atomic E-state index is 0.175. The van der Waals surface area contributed by atoms with Crippen LogP contribution in [0.3, 0.4) is 0 Å². The minimum absolute atomic E-state index is 0.175. The van der Waals surface area contributed by atoms with Gasteiger partial charge in [-0.2, -0.15) is 0 Å². The zero-order valence-corrected chi connectivity index (χ0v) is 18.2. The van der Waals surface area contributed by atoms with Gasteiger partial charge < -0.3 is 20.4 Å². The normalized spacial score (nSPS) is 15.9. The number of carbonyl (C=O) groups is 1.